The average molecular weight is 404 g/mol. The van der Waals surface area contributed by atoms with E-state index in [1.165, 1.54) is 14.1 Å². The van der Waals surface area contributed by atoms with E-state index in [0.717, 1.165) is 43.0 Å². The molecule has 6 nitrogen and oxygen atoms in total. The first kappa shape index (κ1) is 21.9. The van der Waals surface area contributed by atoms with Crippen molar-refractivity contribution in [2.75, 3.05) is 30.3 Å². The zero-order valence-electron chi connectivity index (χ0n) is 17.4. The van der Waals surface area contributed by atoms with Gasteiger partial charge in [-0.25, -0.2) is 4.31 Å². The predicted molar refractivity (Wildman–Crippen MR) is 115 cm³/mol. The number of carbonyl (C=O) groups excluding carboxylic acids is 1. The molecule has 28 heavy (non-hydrogen) atoms. The zero-order valence-corrected chi connectivity index (χ0v) is 18.2. The van der Waals surface area contributed by atoms with Gasteiger partial charge in [0.05, 0.1) is 5.69 Å². The summed E-state index contributed by atoms with van der Waals surface area (Å²) < 4.78 is 28.2. The van der Waals surface area contributed by atoms with E-state index in [4.69, 9.17) is 0 Å². The Labute approximate surface area is 168 Å². The molecule has 0 heterocycles. The third-order valence-corrected chi connectivity index (χ3v) is 6.47. The molecule has 1 N–H and O–H groups in total. The van der Waals surface area contributed by atoms with Crippen molar-refractivity contribution in [2.45, 2.75) is 34.1 Å². The molecule has 7 heteroatoms. The lowest BCUT2D eigenvalue weighted by atomic mass is 10.1. The second-order valence-corrected chi connectivity index (χ2v) is 9.16. The van der Waals surface area contributed by atoms with E-state index in [1.54, 1.807) is 6.07 Å². The average Bonchev–Trinajstić information content (AvgIpc) is 2.63. The number of para-hydroxylation sites is 1. The van der Waals surface area contributed by atoms with Gasteiger partial charge in [-0.2, -0.15) is 12.7 Å². The van der Waals surface area contributed by atoms with Crippen molar-refractivity contribution < 1.29 is 13.2 Å². The van der Waals surface area contributed by atoms with Gasteiger partial charge in [-0.3, -0.25) is 4.79 Å². The van der Waals surface area contributed by atoms with E-state index in [9.17, 15) is 13.2 Å². The summed E-state index contributed by atoms with van der Waals surface area (Å²) in [5, 5.41) is 2.91. The topological polar surface area (TPSA) is 69.7 Å². The van der Waals surface area contributed by atoms with Crippen molar-refractivity contribution in [1.82, 2.24) is 4.31 Å². The summed E-state index contributed by atoms with van der Waals surface area (Å²) in [4.78, 5) is 12.8. The minimum atomic E-state index is -3.84. The first-order valence-electron chi connectivity index (χ1n) is 9.23. The molecule has 152 valence electrons. The van der Waals surface area contributed by atoms with Crippen molar-refractivity contribution in [1.29, 1.82) is 0 Å². The van der Waals surface area contributed by atoms with Crippen molar-refractivity contribution in [2.24, 2.45) is 0 Å². The van der Waals surface area contributed by atoms with Gasteiger partial charge in [-0.15, -0.1) is 0 Å². The Morgan fingerprint density at radius 3 is 2.32 bits per heavy atom. The highest BCUT2D eigenvalue weighted by Crippen LogP contribution is 2.26. The van der Waals surface area contributed by atoms with E-state index in [0.29, 0.717) is 5.69 Å². The molecule has 0 fully saturated rings. The maximum absolute atomic E-state index is 12.9. The molecule has 0 aromatic heterocycles. The van der Waals surface area contributed by atoms with Gasteiger partial charge < -0.3 is 5.32 Å². The van der Waals surface area contributed by atoms with Gasteiger partial charge in [0.25, 0.3) is 0 Å². The number of hydrogen-bond donors (Lipinski definition) is 1. The van der Waals surface area contributed by atoms with Crippen LogP contribution in [0, 0.1) is 20.8 Å². The third kappa shape index (κ3) is 4.72. The number of nitrogens with one attached hydrogen (secondary N) is 1. The fraction of sp³-hybridized carbons (Fsp3) is 0.381. The van der Waals surface area contributed by atoms with Crippen LogP contribution >= 0.6 is 0 Å². The van der Waals surface area contributed by atoms with Crippen molar-refractivity contribution in [3.63, 3.8) is 0 Å². The van der Waals surface area contributed by atoms with Crippen LogP contribution in [0.15, 0.2) is 36.4 Å². The van der Waals surface area contributed by atoms with Gasteiger partial charge in [0, 0.05) is 19.8 Å². The van der Waals surface area contributed by atoms with Crippen LogP contribution in [0.4, 0.5) is 11.4 Å². The molecule has 0 saturated carbocycles. The molecule has 0 aliphatic carbocycles. The van der Waals surface area contributed by atoms with Gasteiger partial charge in [-0.05, 0) is 55.5 Å². The first-order valence-corrected chi connectivity index (χ1v) is 10.6. The molecule has 2 aromatic rings. The maximum Gasteiger partial charge on any atom is 0.304 e. The molecular formula is C21H29N3O3S. The molecule has 1 amide bonds. The second kappa shape index (κ2) is 8.75. The van der Waals surface area contributed by atoms with Gasteiger partial charge >= 0.3 is 10.2 Å². The van der Waals surface area contributed by atoms with Crippen LogP contribution in [-0.4, -0.2) is 39.3 Å². The van der Waals surface area contributed by atoms with Crippen molar-refractivity contribution in [3.05, 3.63) is 58.7 Å². The number of anilines is 2. The van der Waals surface area contributed by atoms with E-state index in [1.807, 2.05) is 58.0 Å². The van der Waals surface area contributed by atoms with Crippen LogP contribution in [0.5, 0.6) is 0 Å². The van der Waals surface area contributed by atoms with Crippen LogP contribution < -0.4 is 9.62 Å². The molecule has 2 rings (SSSR count). The van der Waals surface area contributed by atoms with E-state index < -0.39 is 10.2 Å². The van der Waals surface area contributed by atoms with Crippen LogP contribution in [0.2, 0.25) is 0 Å². The summed E-state index contributed by atoms with van der Waals surface area (Å²) in [6.45, 7) is 7.37. The standard InChI is InChI=1S/C21H29N3O3S/c1-7-18-10-8-9-17(4)21(18)22-20(25)14-24(28(26,27)23(5)6)19-13-15(2)11-12-16(19)3/h8-13H,7,14H2,1-6H3,(H,22,25). The monoisotopic (exact) mass is 403 g/mol. The molecule has 0 saturated heterocycles. The highest BCUT2D eigenvalue weighted by atomic mass is 32.2. The summed E-state index contributed by atoms with van der Waals surface area (Å²) in [5.41, 5.74) is 4.92. The quantitative estimate of drug-likeness (QED) is 0.770. The number of aryl methyl sites for hydroxylation is 4. The molecular weight excluding hydrogens is 374 g/mol. The Hall–Kier alpha value is -2.38. The number of carbonyl (C=O) groups is 1. The Bertz CT molecular complexity index is 969. The summed E-state index contributed by atoms with van der Waals surface area (Å²) >= 11 is 0. The summed E-state index contributed by atoms with van der Waals surface area (Å²) in [5.74, 6) is -0.379. The largest absolute Gasteiger partial charge is 0.324 e. The number of rotatable bonds is 7. The summed E-state index contributed by atoms with van der Waals surface area (Å²) in [6.07, 6.45) is 0.772. The summed E-state index contributed by atoms with van der Waals surface area (Å²) in [6, 6.07) is 11.4. The lowest BCUT2D eigenvalue weighted by molar-refractivity contribution is -0.114. The molecule has 0 aliphatic heterocycles. The fourth-order valence-electron chi connectivity index (χ4n) is 2.99. The lowest BCUT2D eigenvalue weighted by Crippen LogP contribution is -2.44. The maximum atomic E-state index is 12.9. The lowest BCUT2D eigenvalue weighted by Gasteiger charge is -2.28. The van der Waals surface area contributed by atoms with Crippen molar-refractivity contribution >= 4 is 27.5 Å². The number of nitrogens with zero attached hydrogens (tertiary/aromatic N) is 2. The third-order valence-electron chi connectivity index (χ3n) is 4.66. The highest BCUT2D eigenvalue weighted by molar-refractivity contribution is 7.90. The molecule has 2 aromatic carbocycles. The summed E-state index contributed by atoms with van der Waals surface area (Å²) in [7, 11) is -0.918. The Kier molecular flexibility index (Phi) is 6.85. The Morgan fingerprint density at radius 1 is 1.04 bits per heavy atom. The molecule has 0 radical (unpaired) electrons. The molecule has 0 bridgehead atoms. The van der Waals surface area contributed by atoms with Crippen LogP contribution in [0.3, 0.4) is 0 Å². The van der Waals surface area contributed by atoms with E-state index >= 15 is 0 Å². The number of amides is 1. The molecule has 0 spiro atoms. The van der Waals surface area contributed by atoms with Crippen LogP contribution in [0.25, 0.3) is 0 Å². The normalized spacial score (nSPS) is 11.5. The number of benzene rings is 2. The molecule has 0 aliphatic rings. The van der Waals surface area contributed by atoms with Crippen molar-refractivity contribution in [3.8, 4) is 0 Å². The highest BCUT2D eigenvalue weighted by Gasteiger charge is 2.28. The van der Waals surface area contributed by atoms with E-state index in [-0.39, 0.29) is 12.5 Å². The second-order valence-electron chi connectivity index (χ2n) is 7.10. The predicted octanol–water partition coefficient (Wildman–Crippen LogP) is 3.43. The fourth-order valence-corrected chi connectivity index (χ4v) is 4.11. The smallest absolute Gasteiger partial charge is 0.304 e. The minimum absolute atomic E-state index is 0.303. The Morgan fingerprint density at radius 2 is 1.71 bits per heavy atom. The van der Waals surface area contributed by atoms with Crippen LogP contribution in [0.1, 0.15) is 29.2 Å². The first-order chi connectivity index (χ1) is 13.1. The molecule has 0 atom stereocenters. The minimum Gasteiger partial charge on any atom is -0.324 e. The van der Waals surface area contributed by atoms with Gasteiger partial charge in [0.2, 0.25) is 5.91 Å². The molecule has 0 unspecified atom stereocenters. The zero-order chi connectivity index (χ0) is 21.1. The van der Waals surface area contributed by atoms with Gasteiger partial charge in [-0.1, -0.05) is 37.3 Å². The number of hydrogen-bond acceptors (Lipinski definition) is 3. The van der Waals surface area contributed by atoms with Crippen LogP contribution in [-0.2, 0) is 21.4 Å². The van der Waals surface area contributed by atoms with Gasteiger partial charge in [0.15, 0.2) is 0 Å². The SMILES string of the molecule is CCc1cccc(C)c1NC(=O)CN(c1cc(C)ccc1C)S(=O)(=O)N(C)C. The Balaban J connectivity index is 2.41. The van der Waals surface area contributed by atoms with Gasteiger partial charge in [0.1, 0.15) is 6.54 Å². The van der Waals surface area contributed by atoms with E-state index in [2.05, 4.69) is 5.32 Å².